The average Bonchev–Trinajstić information content (AvgIpc) is 2.41. The first-order valence-electron chi connectivity index (χ1n) is 6.11. The van der Waals surface area contributed by atoms with Crippen molar-refractivity contribution in [2.24, 2.45) is 0 Å². The molecule has 1 N–H and O–H groups in total. The van der Waals surface area contributed by atoms with E-state index >= 15 is 0 Å². The molecule has 0 atom stereocenters. The number of hydrogen-bond acceptors (Lipinski definition) is 2. The molecule has 2 aromatic rings. The van der Waals surface area contributed by atoms with Gasteiger partial charge in [0.15, 0.2) is 11.6 Å². The summed E-state index contributed by atoms with van der Waals surface area (Å²) < 4.78 is 19.8. The molecule has 2 aromatic carbocycles. The average molecular weight is 324 g/mol. The molecule has 0 aromatic heterocycles. The zero-order valence-corrected chi connectivity index (χ0v) is 12.2. The number of rotatable bonds is 5. The van der Waals surface area contributed by atoms with Crippen LogP contribution in [0.4, 0.5) is 4.39 Å². The minimum absolute atomic E-state index is 0.225. The van der Waals surface area contributed by atoms with Crippen LogP contribution in [0.25, 0.3) is 0 Å². The molecule has 0 radical (unpaired) electrons. The molecule has 0 bridgehead atoms. The Morgan fingerprint density at radius 2 is 1.89 bits per heavy atom. The lowest BCUT2D eigenvalue weighted by Crippen LogP contribution is -2.11. The molecule has 0 aliphatic heterocycles. The number of ether oxygens (including phenoxy) is 1. The summed E-state index contributed by atoms with van der Waals surface area (Å²) in [5.74, 6) is 0.468. The lowest BCUT2D eigenvalue weighted by atomic mass is 10.2. The molecular formula is C15H15BrFNO. The smallest absolute Gasteiger partial charge is 0.166 e. The van der Waals surface area contributed by atoms with E-state index in [4.69, 9.17) is 4.74 Å². The third-order valence-electron chi connectivity index (χ3n) is 2.62. The molecule has 2 rings (SSSR count). The van der Waals surface area contributed by atoms with E-state index < -0.39 is 0 Å². The van der Waals surface area contributed by atoms with Gasteiger partial charge in [-0.3, -0.25) is 0 Å². The minimum Gasteiger partial charge on any atom is -0.454 e. The van der Waals surface area contributed by atoms with Crippen molar-refractivity contribution in [1.82, 2.24) is 5.32 Å². The van der Waals surface area contributed by atoms with E-state index in [1.165, 1.54) is 11.6 Å². The summed E-state index contributed by atoms with van der Waals surface area (Å²) in [4.78, 5) is 0. The Morgan fingerprint density at radius 3 is 2.53 bits per heavy atom. The fraction of sp³-hybridized carbons (Fsp3) is 0.200. The first-order chi connectivity index (χ1) is 9.19. The van der Waals surface area contributed by atoms with Gasteiger partial charge in [-0.05, 0) is 42.4 Å². The molecule has 0 heterocycles. The first-order valence-corrected chi connectivity index (χ1v) is 6.91. The topological polar surface area (TPSA) is 21.3 Å². The van der Waals surface area contributed by atoms with E-state index in [0.29, 0.717) is 10.2 Å². The normalized spacial score (nSPS) is 10.5. The van der Waals surface area contributed by atoms with Gasteiger partial charge in [-0.25, -0.2) is 4.39 Å². The summed E-state index contributed by atoms with van der Waals surface area (Å²) in [5, 5.41) is 3.24. The summed E-state index contributed by atoms with van der Waals surface area (Å²) in [7, 11) is 0. The second kappa shape index (κ2) is 6.68. The third-order valence-corrected chi connectivity index (χ3v) is 3.12. The van der Waals surface area contributed by atoms with Crippen molar-refractivity contribution in [2.45, 2.75) is 13.5 Å². The molecule has 0 aliphatic rings. The number of benzene rings is 2. The van der Waals surface area contributed by atoms with Crippen molar-refractivity contribution in [3.8, 4) is 11.5 Å². The summed E-state index contributed by atoms with van der Waals surface area (Å²) in [5.41, 5.74) is 1.17. The maximum Gasteiger partial charge on any atom is 0.166 e. The van der Waals surface area contributed by atoms with Crippen LogP contribution in [0.3, 0.4) is 0 Å². The Labute approximate surface area is 120 Å². The molecule has 0 spiro atoms. The Hall–Kier alpha value is -1.39. The third kappa shape index (κ3) is 4.04. The van der Waals surface area contributed by atoms with Crippen LogP contribution in [-0.4, -0.2) is 6.54 Å². The van der Waals surface area contributed by atoms with E-state index in [9.17, 15) is 4.39 Å². The molecular weight excluding hydrogens is 309 g/mol. The molecule has 0 unspecified atom stereocenters. The lowest BCUT2D eigenvalue weighted by Gasteiger charge is -2.08. The van der Waals surface area contributed by atoms with E-state index in [0.717, 1.165) is 13.1 Å². The predicted octanol–water partition coefficient (Wildman–Crippen LogP) is 4.49. The van der Waals surface area contributed by atoms with Crippen molar-refractivity contribution in [3.05, 3.63) is 58.3 Å². The number of hydrogen-bond donors (Lipinski definition) is 1. The van der Waals surface area contributed by atoms with Gasteiger partial charge in [0.2, 0.25) is 0 Å². The van der Waals surface area contributed by atoms with Crippen molar-refractivity contribution < 1.29 is 9.13 Å². The standard InChI is InChI=1S/C15H15BrFNO/c1-2-18-10-11-3-6-13(7-4-11)19-15-8-5-12(16)9-14(15)17/h3-9,18H,2,10H2,1H3. The van der Waals surface area contributed by atoms with E-state index in [1.807, 2.05) is 24.3 Å². The van der Waals surface area contributed by atoms with Crippen LogP contribution in [0.1, 0.15) is 12.5 Å². The largest absolute Gasteiger partial charge is 0.454 e. The summed E-state index contributed by atoms with van der Waals surface area (Å²) in [6.07, 6.45) is 0. The van der Waals surface area contributed by atoms with Gasteiger partial charge in [0.25, 0.3) is 0 Å². The summed E-state index contributed by atoms with van der Waals surface area (Å²) >= 11 is 3.21. The van der Waals surface area contributed by atoms with Gasteiger partial charge in [-0.2, -0.15) is 0 Å². The highest BCUT2D eigenvalue weighted by atomic mass is 79.9. The Bertz CT molecular complexity index is 542. The SMILES string of the molecule is CCNCc1ccc(Oc2ccc(Br)cc2F)cc1. The molecule has 0 fully saturated rings. The molecule has 19 heavy (non-hydrogen) atoms. The molecule has 0 saturated carbocycles. The van der Waals surface area contributed by atoms with Gasteiger partial charge in [0, 0.05) is 11.0 Å². The second-order valence-corrected chi connectivity index (χ2v) is 5.02. The summed E-state index contributed by atoms with van der Waals surface area (Å²) in [6.45, 7) is 3.82. The molecule has 2 nitrogen and oxygen atoms in total. The molecule has 0 amide bonds. The van der Waals surface area contributed by atoms with Crippen LogP contribution in [0, 0.1) is 5.82 Å². The van der Waals surface area contributed by atoms with Gasteiger partial charge >= 0.3 is 0 Å². The highest BCUT2D eigenvalue weighted by Crippen LogP contribution is 2.26. The maximum absolute atomic E-state index is 13.6. The van der Waals surface area contributed by atoms with Crippen molar-refractivity contribution in [1.29, 1.82) is 0 Å². The quantitative estimate of drug-likeness (QED) is 0.875. The zero-order valence-electron chi connectivity index (χ0n) is 10.6. The highest BCUT2D eigenvalue weighted by Gasteiger charge is 2.05. The van der Waals surface area contributed by atoms with Crippen molar-refractivity contribution in [3.63, 3.8) is 0 Å². The van der Waals surface area contributed by atoms with Gasteiger partial charge in [0.05, 0.1) is 0 Å². The Balaban J connectivity index is 2.06. The molecule has 100 valence electrons. The van der Waals surface area contributed by atoms with Crippen LogP contribution >= 0.6 is 15.9 Å². The Kier molecular flexibility index (Phi) is 4.93. The molecule has 4 heteroatoms. The van der Waals surface area contributed by atoms with Crippen LogP contribution in [-0.2, 0) is 6.54 Å². The van der Waals surface area contributed by atoms with Gasteiger partial charge in [-0.1, -0.05) is 35.0 Å². The van der Waals surface area contributed by atoms with E-state index in [1.54, 1.807) is 12.1 Å². The Morgan fingerprint density at radius 1 is 1.16 bits per heavy atom. The highest BCUT2D eigenvalue weighted by molar-refractivity contribution is 9.10. The van der Waals surface area contributed by atoms with Gasteiger partial charge < -0.3 is 10.1 Å². The van der Waals surface area contributed by atoms with E-state index in [2.05, 4.69) is 28.2 Å². The van der Waals surface area contributed by atoms with E-state index in [-0.39, 0.29) is 11.6 Å². The fourth-order valence-corrected chi connectivity index (χ4v) is 1.96. The fourth-order valence-electron chi connectivity index (χ4n) is 1.63. The zero-order chi connectivity index (χ0) is 13.7. The van der Waals surface area contributed by atoms with Gasteiger partial charge in [0.1, 0.15) is 5.75 Å². The first kappa shape index (κ1) is 14.0. The number of nitrogens with one attached hydrogen (secondary N) is 1. The van der Waals surface area contributed by atoms with Crippen LogP contribution in [0.5, 0.6) is 11.5 Å². The monoisotopic (exact) mass is 323 g/mol. The molecule has 0 saturated heterocycles. The predicted molar refractivity (Wildman–Crippen MR) is 78.0 cm³/mol. The van der Waals surface area contributed by atoms with Crippen molar-refractivity contribution in [2.75, 3.05) is 6.54 Å². The maximum atomic E-state index is 13.6. The second-order valence-electron chi connectivity index (χ2n) is 4.10. The number of halogens is 2. The van der Waals surface area contributed by atoms with Crippen LogP contribution < -0.4 is 10.1 Å². The van der Waals surface area contributed by atoms with Crippen molar-refractivity contribution >= 4 is 15.9 Å². The lowest BCUT2D eigenvalue weighted by molar-refractivity contribution is 0.442. The van der Waals surface area contributed by atoms with Crippen LogP contribution in [0.2, 0.25) is 0 Å². The minimum atomic E-state index is -0.383. The molecule has 0 aliphatic carbocycles. The summed E-state index contributed by atoms with van der Waals surface area (Å²) in [6, 6.07) is 12.4. The van der Waals surface area contributed by atoms with Gasteiger partial charge in [-0.15, -0.1) is 0 Å². The van der Waals surface area contributed by atoms with Crippen LogP contribution in [0.15, 0.2) is 46.9 Å².